The standard InChI is InChI=1S/C21H23NO8/c1-3-30-19(25)21(26)12-15(13-6-4-7-14(10-13)22(27)28)16(18(24)29-2)11-20(21)9-5-8-17(20)23/h4,6-7,10-11,15,26H,3,5,8-9,12H2,1-2H3/t15-,20+,21-/m0/s1. The van der Waals surface area contributed by atoms with Crippen molar-refractivity contribution in [2.45, 2.75) is 44.1 Å². The Kier molecular flexibility index (Phi) is 5.76. The molecule has 1 spiro atoms. The summed E-state index contributed by atoms with van der Waals surface area (Å²) in [6.45, 7) is 1.58. The molecule has 0 radical (unpaired) electrons. The zero-order chi connectivity index (χ0) is 22.1. The summed E-state index contributed by atoms with van der Waals surface area (Å²) < 4.78 is 9.98. The summed E-state index contributed by atoms with van der Waals surface area (Å²) in [5, 5.41) is 22.8. The van der Waals surface area contributed by atoms with E-state index in [4.69, 9.17) is 9.47 Å². The lowest BCUT2D eigenvalue weighted by Crippen LogP contribution is -2.59. The number of non-ortho nitro benzene ring substituents is 1. The number of nitro benzene ring substituents is 1. The molecule has 0 aromatic heterocycles. The number of ether oxygens (including phenoxy) is 2. The highest BCUT2D eigenvalue weighted by Gasteiger charge is 2.64. The van der Waals surface area contributed by atoms with Gasteiger partial charge >= 0.3 is 11.9 Å². The highest BCUT2D eigenvalue weighted by molar-refractivity contribution is 6.01. The summed E-state index contributed by atoms with van der Waals surface area (Å²) >= 11 is 0. The lowest BCUT2D eigenvalue weighted by atomic mass is 9.59. The van der Waals surface area contributed by atoms with Crippen molar-refractivity contribution in [1.29, 1.82) is 0 Å². The van der Waals surface area contributed by atoms with E-state index in [1.165, 1.54) is 31.4 Å². The maximum Gasteiger partial charge on any atom is 0.339 e. The second-order valence-corrected chi connectivity index (χ2v) is 7.53. The number of methoxy groups -OCH3 is 1. The summed E-state index contributed by atoms with van der Waals surface area (Å²) in [4.78, 5) is 48.9. The molecule has 0 aliphatic heterocycles. The normalized spacial score (nSPS) is 28.2. The van der Waals surface area contributed by atoms with Gasteiger partial charge in [-0.1, -0.05) is 18.2 Å². The van der Waals surface area contributed by atoms with Gasteiger partial charge in [0.2, 0.25) is 0 Å². The Morgan fingerprint density at radius 2 is 2.10 bits per heavy atom. The van der Waals surface area contributed by atoms with Crippen LogP contribution in [-0.2, 0) is 23.9 Å². The first-order chi connectivity index (χ1) is 14.2. The maximum atomic E-state index is 12.9. The van der Waals surface area contributed by atoms with Crippen LogP contribution in [0.15, 0.2) is 35.9 Å². The molecule has 0 bridgehead atoms. The van der Waals surface area contributed by atoms with Gasteiger partial charge in [-0.2, -0.15) is 0 Å². The number of ketones is 1. The zero-order valence-corrected chi connectivity index (χ0v) is 16.8. The third-order valence-electron chi connectivity index (χ3n) is 6.01. The van der Waals surface area contributed by atoms with Crippen molar-refractivity contribution in [2.24, 2.45) is 5.41 Å². The SMILES string of the molecule is CCOC(=O)[C@@]1(O)C[C@@H](c2cccc([N+](=O)[O-])c2)C(C(=O)OC)=C[C@@]12CCCC2=O. The highest BCUT2D eigenvalue weighted by atomic mass is 16.6. The number of aliphatic hydroxyl groups is 1. The minimum Gasteiger partial charge on any atom is -0.466 e. The Labute approximate surface area is 172 Å². The Bertz CT molecular complexity index is 939. The van der Waals surface area contributed by atoms with Crippen LogP contribution in [0.4, 0.5) is 5.69 Å². The van der Waals surface area contributed by atoms with Crippen LogP contribution in [0.2, 0.25) is 0 Å². The van der Waals surface area contributed by atoms with Crippen molar-refractivity contribution >= 4 is 23.4 Å². The first kappa shape index (κ1) is 21.6. The molecule has 3 rings (SSSR count). The largest absolute Gasteiger partial charge is 0.466 e. The van der Waals surface area contributed by atoms with E-state index in [2.05, 4.69) is 0 Å². The first-order valence-corrected chi connectivity index (χ1v) is 9.68. The number of carbonyl (C=O) groups is 3. The Balaban J connectivity index is 2.23. The van der Waals surface area contributed by atoms with Crippen molar-refractivity contribution in [3.8, 4) is 0 Å². The minimum atomic E-state index is -2.20. The molecule has 9 heteroatoms. The molecular formula is C21H23NO8. The van der Waals surface area contributed by atoms with Crippen molar-refractivity contribution in [3.05, 3.63) is 51.6 Å². The van der Waals surface area contributed by atoms with E-state index in [0.717, 1.165) is 0 Å². The van der Waals surface area contributed by atoms with Gasteiger partial charge in [-0.3, -0.25) is 14.9 Å². The summed E-state index contributed by atoms with van der Waals surface area (Å²) in [6, 6.07) is 5.60. The predicted octanol–water partition coefficient (Wildman–Crippen LogP) is 2.22. The van der Waals surface area contributed by atoms with Gasteiger partial charge in [0, 0.05) is 30.0 Å². The van der Waals surface area contributed by atoms with E-state index in [-0.39, 0.29) is 42.9 Å². The Hall–Kier alpha value is -3.07. The van der Waals surface area contributed by atoms with Crippen LogP contribution in [-0.4, -0.2) is 47.1 Å². The van der Waals surface area contributed by atoms with E-state index in [1.54, 1.807) is 13.0 Å². The molecule has 1 aromatic carbocycles. The molecule has 1 fully saturated rings. The molecule has 160 valence electrons. The Morgan fingerprint density at radius 3 is 2.67 bits per heavy atom. The van der Waals surface area contributed by atoms with Gasteiger partial charge in [-0.15, -0.1) is 0 Å². The van der Waals surface area contributed by atoms with Crippen LogP contribution in [0, 0.1) is 15.5 Å². The van der Waals surface area contributed by atoms with Gasteiger partial charge in [0.05, 0.1) is 24.1 Å². The van der Waals surface area contributed by atoms with Crippen LogP contribution in [0.1, 0.15) is 44.1 Å². The van der Waals surface area contributed by atoms with Gasteiger partial charge in [0.1, 0.15) is 5.78 Å². The van der Waals surface area contributed by atoms with Crippen LogP contribution in [0.25, 0.3) is 0 Å². The molecule has 3 atom stereocenters. The molecule has 1 aromatic rings. The summed E-state index contributed by atoms with van der Waals surface area (Å²) in [5.74, 6) is -2.92. The average Bonchev–Trinajstić information content (AvgIpc) is 3.10. The molecule has 0 heterocycles. The van der Waals surface area contributed by atoms with E-state index in [1.807, 2.05) is 0 Å². The van der Waals surface area contributed by atoms with Gasteiger partial charge in [0.15, 0.2) is 5.60 Å². The number of nitrogens with zero attached hydrogens (tertiary/aromatic N) is 1. The molecule has 9 nitrogen and oxygen atoms in total. The molecular weight excluding hydrogens is 394 g/mol. The van der Waals surface area contributed by atoms with Crippen LogP contribution in [0.3, 0.4) is 0 Å². The first-order valence-electron chi connectivity index (χ1n) is 9.68. The van der Waals surface area contributed by atoms with Gasteiger partial charge < -0.3 is 14.6 Å². The van der Waals surface area contributed by atoms with E-state index in [9.17, 15) is 29.6 Å². The quantitative estimate of drug-likeness (QED) is 0.438. The number of hydrogen-bond acceptors (Lipinski definition) is 8. The van der Waals surface area contributed by atoms with Gasteiger partial charge in [-0.25, -0.2) is 9.59 Å². The van der Waals surface area contributed by atoms with Gasteiger partial charge in [0.25, 0.3) is 5.69 Å². The predicted molar refractivity (Wildman–Crippen MR) is 103 cm³/mol. The third-order valence-corrected chi connectivity index (χ3v) is 6.01. The molecule has 2 aliphatic rings. The third kappa shape index (κ3) is 3.28. The molecule has 0 saturated heterocycles. The van der Waals surface area contributed by atoms with Crippen molar-refractivity contribution in [2.75, 3.05) is 13.7 Å². The topological polar surface area (TPSA) is 133 Å². The van der Waals surface area contributed by atoms with Crippen LogP contribution < -0.4 is 0 Å². The number of Topliss-reactive ketones (excluding diaryl/α,β-unsaturated/α-hetero) is 1. The number of nitro groups is 1. The molecule has 0 amide bonds. The number of esters is 2. The van der Waals surface area contributed by atoms with E-state index >= 15 is 0 Å². The molecule has 2 aliphatic carbocycles. The lowest BCUT2D eigenvalue weighted by molar-refractivity contribution is -0.384. The van der Waals surface area contributed by atoms with Crippen molar-refractivity contribution < 1.29 is 33.9 Å². The number of carbonyl (C=O) groups excluding carboxylic acids is 3. The molecule has 0 unspecified atom stereocenters. The fourth-order valence-electron chi connectivity index (χ4n) is 4.54. The summed E-state index contributed by atoms with van der Waals surface area (Å²) in [6.07, 6.45) is 1.79. The summed E-state index contributed by atoms with van der Waals surface area (Å²) in [5.41, 5.74) is -3.57. The average molecular weight is 417 g/mol. The van der Waals surface area contributed by atoms with Crippen molar-refractivity contribution in [3.63, 3.8) is 0 Å². The van der Waals surface area contributed by atoms with Crippen molar-refractivity contribution in [1.82, 2.24) is 0 Å². The monoisotopic (exact) mass is 417 g/mol. The van der Waals surface area contributed by atoms with Gasteiger partial charge in [-0.05, 0) is 31.7 Å². The maximum absolute atomic E-state index is 12.9. The number of hydrogen-bond donors (Lipinski definition) is 1. The highest BCUT2D eigenvalue weighted by Crippen LogP contribution is 2.55. The smallest absolute Gasteiger partial charge is 0.339 e. The molecule has 30 heavy (non-hydrogen) atoms. The van der Waals surface area contributed by atoms with E-state index in [0.29, 0.717) is 12.0 Å². The fraction of sp³-hybridized carbons (Fsp3) is 0.476. The van der Waals surface area contributed by atoms with E-state index < -0.39 is 33.8 Å². The lowest BCUT2D eigenvalue weighted by Gasteiger charge is -2.45. The second kappa shape index (κ2) is 7.98. The fourth-order valence-corrected chi connectivity index (χ4v) is 4.54. The summed E-state index contributed by atoms with van der Waals surface area (Å²) in [7, 11) is 1.18. The zero-order valence-electron chi connectivity index (χ0n) is 16.8. The number of benzene rings is 1. The number of rotatable bonds is 5. The minimum absolute atomic E-state index is 0.000459. The molecule has 1 saturated carbocycles. The van der Waals surface area contributed by atoms with Crippen LogP contribution >= 0.6 is 0 Å². The van der Waals surface area contributed by atoms with Crippen LogP contribution in [0.5, 0.6) is 0 Å². The second-order valence-electron chi connectivity index (χ2n) is 7.53. The molecule has 1 N–H and O–H groups in total. The Morgan fingerprint density at radius 1 is 1.37 bits per heavy atom.